The van der Waals surface area contributed by atoms with Gasteiger partial charge in [0.1, 0.15) is 48.8 Å². The molecule has 2 heterocycles. The molecule has 2 rings (SSSR count). The van der Waals surface area contributed by atoms with Crippen LogP contribution in [0.25, 0.3) is 0 Å². The zero-order valence-electron chi connectivity index (χ0n) is 16.0. The zero-order chi connectivity index (χ0) is 21.9. The van der Waals surface area contributed by atoms with E-state index in [-0.39, 0.29) is 0 Å². The Morgan fingerprint density at radius 1 is 1.00 bits per heavy atom. The van der Waals surface area contributed by atoms with Crippen molar-refractivity contribution in [1.82, 2.24) is 5.32 Å². The van der Waals surface area contributed by atoms with Gasteiger partial charge in [-0.2, -0.15) is 0 Å². The number of carbonyl (C=O) groups excluding carboxylic acids is 2. The van der Waals surface area contributed by atoms with Gasteiger partial charge in [0.15, 0.2) is 12.6 Å². The minimum absolute atomic E-state index is 0.527. The predicted octanol–water partition coefficient (Wildman–Crippen LogP) is -5.19. The van der Waals surface area contributed by atoms with Crippen LogP contribution in [0.5, 0.6) is 0 Å². The second-order valence-corrected chi connectivity index (χ2v) is 6.70. The van der Waals surface area contributed by atoms with Crippen molar-refractivity contribution in [2.45, 2.75) is 68.3 Å². The maximum absolute atomic E-state index is 11.6. The minimum Gasteiger partial charge on any atom is -0.547 e. The Labute approximate surface area is 166 Å². The number of rotatable bonds is 7. The van der Waals surface area contributed by atoms with Crippen LogP contribution >= 0.6 is 0 Å². The highest BCUT2D eigenvalue weighted by Gasteiger charge is 2.52. The molecule has 29 heavy (non-hydrogen) atoms. The number of aliphatic hydroxyl groups is 4. The molecule has 2 aliphatic heterocycles. The summed E-state index contributed by atoms with van der Waals surface area (Å²) in [6.07, 6.45) is -13.7. The fourth-order valence-electron chi connectivity index (χ4n) is 3.38. The van der Waals surface area contributed by atoms with Crippen molar-refractivity contribution in [3.05, 3.63) is 0 Å². The standard InChI is InChI=1S/C16H27NO12/c1-5(19)17-7-11(8(20)6(4-18)27-15(7)26-3)28-16-10(22)9(21)12(25-2)13(29-16)14(23)24/h6-13,15-16,18,20-22H,4H2,1-3H3,(H,17,19)(H,23,24)/p-1/t6?,7?,8-,9-,10?,11-,12+,13?,15-,16-/m1/s1. The second kappa shape index (κ2) is 10.1. The van der Waals surface area contributed by atoms with Gasteiger partial charge < -0.3 is 59.3 Å². The van der Waals surface area contributed by atoms with Gasteiger partial charge in [-0.25, -0.2) is 0 Å². The molecule has 0 bridgehead atoms. The first-order valence-electron chi connectivity index (χ1n) is 8.81. The van der Waals surface area contributed by atoms with E-state index < -0.39 is 79.8 Å². The SMILES string of the molecule is CO[C@@H]1OC(CO)[C@@H](O)[C@H](O[C@@H]2OC(C(=O)[O-])[C@@H](OC)[C@H](O)C2O)C1NC(C)=O. The third-order valence-electron chi connectivity index (χ3n) is 4.80. The fourth-order valence-corrected chi connectivity index (χ4v) is 3.38. The molecule has 2 fully saturated rings. The van der Waals surface area contributed by atoms with E-state index in [1.165, 1.54) is 14.0 Å². The van der Waals surface area contributed by atoms with Crippen LogP contribution in [-0.4, -0.2) is 114 Å². The van der Waals surface area contributed by atoms with Crippen molar-refractivity contribution in [3.63, 3.8) is 0 Å². The molecular formula is C16H26NO12-. The quantitative estimate of drug-likeness (QED) is 0.261. The number of carboxylic acids is 1. The van der Waals surface area contributed by atoms with E-state index in [9.17, 15) is 35.1 Å². The van der Waals surface area contributed by atoms with Gasteiger partial charge in [-0.05, 0) is 0 Å². The lowest BCUT2D eigenvalue weighted by Gasteiger charge is -2.47. The van der Waals surface area contributed by atoms with E-state index in [2.05, 4.69) is 5.32 Å². The van der Waals surface area contributed by atoms with Crippen LogP contribution in [0.1, 0.15) is 6.92 Å². The lowest BCUT2D eigenvalue weighted by Crippen LogP contribution is -2.68. The first-order chi connectivity index (χ1) is 13.7. The summed E-state index contributed by atoms with van der Waals surface area (Å²) in [6, 6.07) is -1.12. The Hall–Kier alpha value is -1.42. The molecule has 10 atom stereocenters. The Kier molecular flexibility index (Phi) is 8.28. The van der Waals surface area contributed by atoms with Gasteiger partial charge in [0.25, 0.3) is 0 Å². The number of carboxylic acid groups (broad SMARTS) is 1. The molecule has 1 amide bonds. The van der Waals surface area contributed by atoms with E-state index in [4.69, 9.17) is 23.7 Å². The Morgan fingerprint density at radius 3 is 2.14 bits per heavy atom. The topological polar surface area (TPSA) is 196 Å². The molecule has 5 N–H and O–H groups in total. The smallest absolute Gasteiger partial charge is 0.217 e. The van der Waals surface area contributed by atoms with Crippen LogP contribution in [0.2, 0.25) is 0 Å². The summed E-state index contributed by atoms with van der Waals surface area (Å²) in [7, 11) is 2.37. The van der Waals surface area contributed by atoms with Crippen LogP contribution in [0.15, 0.2) is 0 Å². The third kappa shape index (κ3) is 5.02. The van der Waals surface area contributed by atoms with E-state index in [1.807, 2.05) is 0 Å². The molecule has 0 spiro atoms. The molecule has 2 saturated heterocycles. The normalized spacial score (nSPS) is 43.0. The summed E-state index contributed by atoms with van der Waals surface area (Å²) < 4.78 is 26.1. The summed E-state index contributed by atoms with van der Waals surface area (Å²) in [5, 5.41) is 54.2. The predicted molar refractivity (Wildman–Crippen MR) is 87.7 cm³/mol. The second-order valence-electron chi connectivity index (χ2n) is 6.70. The largest absolute Gasteiger partial charge is 0.547 e. The molecule has 0 saturated carbocycles. The van der Waals surface area contributed by atoms with Gasteiger partial charge in [-0.1, -0.05) is 0 Å². The number of aliphatic hydroxyl groups excluding tert-OH is 4. The first kappa shape index (κ1) is 23.9. The van der Waals surface area contributed by atoms with Gasteiger partial charge in [-0.3, -0.25) is 4.79 Å². The molecule has 2 aliphatic rings. The number of carbonyl (C=O) groups is 2. The maximum atomic E-state index is 11.6. The average Bonchev–Trinajstić information content (AvgIpc) is 2.67. The lowest BCUT2D eigenvalue weighted by molar-refractivity contribution is -0.365. The minimum atomic E-state index is -1.79. The summed E-state index contributed by atoms with van der Waals surface area (Å²) in [5.41, 5.74) is 0. The van der Waals surface area contributed by atoms with Gasteiger partial charge in [0.2, 0.25) is 5.91 Å². The van der Waals surface area contributed by atoms with E-state index >= 15 is 0 Å². The molecule has 0 aromatic carbocycles. The average molecular weight is 424 g/mol. The van der Waals surface area contributed by atoms with Gasteiger partial charge in [-0.15, -0.1) is 0 Å². The maximum Gasteiger partial charge on any atom is 0.217 e. The van der Waals surface area contributed by atoms with Crippen molar-refractivity contribution in [1.29, 1.82) is 0 Å². The Bertz CT molecular complexity index is 576. The zero-order valence-corrected chi connectivity index (χ0v) is 16.0. The number of methoxy groups -OCH3 is 2. The highest BCUT2D eigenvalue weighted by molar-refractivity contribution is 5.73. The third-order valence-corrected chi connectivity index (χ3v) is 4.80. The molecule has 13 nitrogen and oxygen atoms in total. The summed E-state index contributed by atoms with van der Waals surface area (Å²) in [4.78, 5) is 22.9. The monoisotopic (exact) mass is 424 g/mol. The van der Waals surface area contributed by atoms with Crippen molar-refractivity contribution in [2.24, 2.45) is 0 Å². The Balaban J connectivity index is 2.30. The lowest BCUT2D eigenvalue weighted by atomic mass is 9.95. The van der Waals surface area contributed by atoms with Gasteiger partial charge in [0, 0.05) is 21.1 Å². The molecular weight excluding hydrogens is 398 g/mol. The van der Waals surface area contributed by atoms with Crippen LogP contribution in [0.4, 0.5) is 0 Å². The van der Waals surface area contributed by atoms with Crippen LogP contribution < -0.4 is 10.4 Å². The number of hydrogen-bond donors (Lipinski definition) is 5. The van der Waals surface area contributed by atoms with Gasteiger partial charge in [0.05, 0.1) is 12.6 Å². The number of ether oxygens (including phenoxy) is 5. The molecule has 0 aliphatic carbocycles. The van der Waals surface area contributed by atoms with Crippen LogP contribution in [0, 0.1) is 0 Å². The molecule has 13 heteroatoms. The number of aliphatic carboxylic acids is 1. The van der Waals surface area contributed by atoms with E-state index in [0.29, 0.717) is 0 Å². The van der Waals surface area contributed by atoms with E-state index in [1.54, 1.807) is 0 Å². The van der Waals surface area contributed by atoms with Crippen molar-refractivity contribution in [3.8, 4) is 0 Å². The van der Waals surface area contributed by atoms with Crippen molar-refractivity contribution in [2.75, 3.05) is 20.8 Å². The number of nitrogens with one attached hydrogen (secondary N) is 1. The van der Waals surface area contributed by atoms with Gasteiger partial charge >= 0.3 is 0 Å². The van der Waals surface area contributed by atoms with Crippen molar-refractivity contribution >= 4 is 11.9 Å². The number of hydrogen-bond acceptors (Lipinski definition) is 12. The van der Waals surface area contributed by atoms with Crippen LogP contribution in [-0.2, 0) is 33.3 Å². The molecule has 168 valence electrons. The highest BCUT2D eigenvalue weighted by atomic mass is 16.7. The molecule has 0 aromatic heterocycles. The molecule has 0 aromatic rings. The van der Waals surface area contributed by atoms with Crippen molar-refractivity contribution < 1.29 is 58.8 Å². The molecule has 0 radical (unpaired) electrons. The molecule has 4 unspecified atom stereocenters. The fraction of sp³-hybridized carbons (Fsp3) is 0.875. The van der Waals surface area contributed by atoms with E-state index in [0.717, 1.165) is 7.11 Å². The highest BCUT2D eigenvalue weighted by Crippen LogP contribution is 2.30. The Morgan fingerprint density at radius 2 is 1.66 bits per heavy atom. The summed E-state index contributed by atoms with van der Waals surface area (Å²) in [6.45, 7) is 0.567. The summed E-state index contributed by atoms with van der Waals surface area (Å²) in [5.74, 6) is -2.24. The first-order valence-corrected chi connectivity index (χ1v) is 8.81. The van der Waals surface area contributed by atoms with Crippen LogP contribution in [0.3, 0.4) is 0 Å². The number of amides is 1. The summed E-state index contributed by atoms with van der Waals surface area (Å²) >= 11 is 0.